The Bertz CT molecular complexity index is 757. The van der Waals surface area contributed by atoms with E-state index in [0.717, 1.165) is 38.6 Å². The van der Waals surface area contributed by atoms with Crippen molar-refractivity contribution >= 4 is 18.1 Å². The highest BCUT2D eigenvalue weighted by molar-refractivity contribution is 6.00. The molecular weight excluding hydrogens is 335 g/mol. The van der Waals surface area contributed by atoms with Crippen LogP contribution in [0.15, 0.2) is 18.2 Å². The van der Waals surface area contributed by atoms with Gasteiger partial charge in [-0.2, -0.15) is 0 Å². The Balaban J connectivity index is 1.62. The minimum atomic E-state index is -0.493. The third kappa shape index (κ3) is 2.76. The van der Waals surface area contributed by atoms with Crippen LogP contribution in [0, 0.1) is 17.2 Å². The number of benzene rings is 1. The first-order valence-electron chi connectivity index (χ1n) is 9.33. The molecule has 3 fully saturated rings. The Labute approximate surface area is 151 Å². The van der Waals surface area contributed by atoms with Crippen molar-refractivity contribution in [2.24, 2.45) is 11.3 Å². The highest BCUT2D eigenvalue weighted by Gasteiger charge is 2.54. The number of rotatable bonds is 3. The molecule has 0 aromatic heterocycles. The number of hydrogen-bond acceptors (Lipinski definition) is 4. The molecule has 1 saturated carbocycles. The maximum Gasteiger partial charge on any atom is 0.234 e. The molecule has 5 nitrogen and oxygen atoms in total. The summed E-state index contributed by atoms with van der Waals surface area (Å²) in [6.45, 7) is 1.80. The molecule has 1 aliphatic carbocycles. The van der Waals surface area contributed by atoms with Crippen molar-refractivity contribution < 1.29 is 18.8 Å². The fourth-order valence-corrected chi connectivity index (χ4v) is 5.16. The second-order valence-electron chi connectivity index (χ2n) is 7.88. The van der Waals surface area contributed by atoms with Gasteiger partial charge in [0.25, 0.3) is 0 Å². The van der Waals surface area contributed by atoms with Crippen LogP contribution in [-0.4, -0.2) is 31.2 Å². The molecule has 0 radical (unpaired) electrons. The van der Waals surface area contributed by atoms with E-state index in [9.17, 15) is 18.8 Å². The summed E-state index contributed by atoms with van der Waals surface area (Å²) in [5.74, 6) is -1.70. The predicted molar refractivity (Wildman–Crippen MR) is 93.0 cm³/mol. The van der Waals surface area contributed by atoms with E-state index < -0.39 is 5.92 Å². The zero-order valence-corrected chi connectivity index (χ0v) is 14.6. The molecule has 2 amide bonds. The maximum absolute atomic E-state index is 15.0. The lowest BCUT2D eigenvalue weighted by Gasteiger charge is -2.56. The number of aldehydes is 1. The number of carbonyl (C=O) groups excluding carboxylic acids is 3. The summed E-state index contributed by atoms with van der Waals surface area (Å²) < 4.78 is 15.0. The minimum Gasteiger partial charge on any atom is -0.317 e. The van der Waals surface area contributed by atoms with Gasteiger partial charge in [0.2, 0.25) is 11.8 Å². The molecule has 26 heavy (non-hydrogen) atoms. The topological polar surface area (TPSA) is 75.3 Å². The summed E-state index contributed by atoms with van der Waals surface area (Å²) in [6, 6.07) is 4.95. The van der Waals surface area contributed by atoms with Crippen molar-refractivity contribution in [1.82, 2.24) is 10.6 Å². The zero-order chi connectivity index (χ0) is 18.3. The number of amides is 2. The van der Waals surface area contributed by atoms with Gasteiger partial charge in [-0.1, -0.05) is 12.1 Å². The first-order valence-corrected chi connectivity index (χ1v) is 9.33. The molecule has 2 aliphatic heterocycles. The molecule has 3 atom stereocenters. The zero-order valence-electron chi connectivity index (χ0n) is 14.6. The van der Waals surface area contributed by atoms with Crippen LogP contribution in [0.5, 0.6) is 0 Å². The summed E-state index contributed by atoms with van der Waals surface area (Å²) in [5, 5.41) is 5.65. The number of nitrogens with one attached hydrogen (secondary N) is 2. The van der Waals surface area contributed by atoms with E-state index >= 15 is 0 Å². The van der Waals surface area contributed by atoms with E-state index in [0.29, 0.717) is 17.5 Å². The van der Waals surface area contributed by atoms with Gasteiger partial charge < -0.3 is 10.1 Å². The van der Waals surface area contributed by atoms with Gasteiger partial charge in [-0.3, -0.25) is 14.9 Å². The van der Waals surface area contributed by atoms with Gasteiger partial charge in [-0.05, 0) is 61.4 Å². The normalized spacial score (nSPS) is 30.6. The van der Waals surface area contributed by atoms with Crippen LogP contribution in [0.4, 0.5) is 4.39 Å². The maximum atomic E-state index is 15.0. The standard InChI is InChI=1S/C20H23FN2O3/c21-16-9-12(14-3-4-17(25)23-19(14)26)1-2-15(16)18-13(11-24)10-20(18)5-7-22-8-6-20/h1-2,9,11,13-14,18,22H,3-8,10H2,(H,23,25,26). The highest BCUT2D eigenvalue weighted by atomic mass is 19.1. The van der Waals surface area contributed by atoms with Crippen LogP contribution in [0.25, 0.3) is 0 Å². The van der Waals surface area contributed by atoms with Gasteiger partial charge in [-0.25, -0.2) is 4.39 Å². The molecule has 1 aromatic carbocycles. The molecule has 1 aromatic rings. The monoisotopic (exact) mass is 358 g/mol. The second-order valence-corrected chi connectivity index (χ2v) is 7.88. The molecule has 2 saturated heterocycles. The smallest absolute Gasteiger partial charge is 0.234 e. The van der Waals surface area contributed by atoms with Gasteiger partial charge in [-0.15, -0.1) is 0 Å². The lowest BCUT2D eigenvalue weighted by molar-refractivity contribution is -0.134. The van der Waals surface area contributed by atoms with Crippen LogP contribution in [0.1, 0.15) is 55.1 Å². The Morgan fingerprint density at radius 2 is 1.96 bits per heavy atom. The number of imide groups is 1. The SMILES string of the molecule is O=CC1CC2(CCNCC2)C1c1ccc(C2CCC(=O)NC2=O)cc1F. The molecule has 138 valence electrons. The molecule has 0 bridgehead atoms. The quantitative estimate of drug-likeness (QED) is 0.640. The van der Waals surface area contributed by atoms with Crippen molar-refractivity contribution in [2.45, 2.75) is 43.9 Å². The minimum absolute atomic E-state index is 0.00775. The largest absolute Gasteiger partial charge is 0.317 e. The summed E-state index contributed by atoms with van der Waals surface area (Å²) in [7, 11) is 0. The second kappa shape index (κ2) is 6.58. The van der Waals surface area contributed by atoms with Gasteiger partial charge in [0.05, 0.1) is 5.92 Å². The van der Waals surface area contributed by atoms with Crippen molar-refractivity contribution in [3.8, 4) is 0 Å². The third-order valence-electron chi connectivity index (χ3n) is 6.51. The van der Waals surface area contributed by atoms with E-state index in [2.05, 4.69) is 10.6 Å². The average Bonchev–Trinajstić information content (AvgIpc) is 2.62. The van der Waals surface area contributed by atoms with E-state index in [1.165, 1.54) is 6.07 Å². The Morgan fingerprint density at radius 1 is 1.19 bits per heavy atom. The lowest BCUT2D eigenvalue weighted by Crippen LogP contribution is -2.52. The average molecular weight is 358 g/mol. The summed E-state index contributed by atoms with van der Waals surface area (Å²) in [5.41, 5.74) is 1.19. The van der Waals surface area contributed by atoms with E-state index in [1.807, 2.05) is 0 Å². The molecule has 4 rings (SSSR count). The Kier molecular flexibility index (Phi) is 4.39. The van der Waals surface area contributed by atoms with Crippen LogP contribution >= 0.6 is 0 Å². The van der Waals surface area contributed by atoms with Crippen LogP contribution in [-0.2, 0) is 14.4 Å². The highest BCUT2D eigenvalue weighted by Crippen LogP contribution is 2.61. The molecule has 3 unspecified atom stereocenters. The molecule has 1 spiro atoms. The van der Waals surface area contributed by atoms with Crippen molar-refractivity contribution in [3.05, 3.63) is 35.1 Å². The number of piperidine rings is 2. The van der Waals surface area contributed by atoms with E-state index in [4.69, 9.17) is 0 Å². The first-order chi connectivity index (χ1) is 12.5. The first kappa shape index (κ1) is 17.3. The van der Waals surface area contributed by atoms with E-state index in [1.54, 1.807) is 12.1 Å². The fourth-order valence-electron chi connectivity index (χ4n) is 5.16. The molecule has 6 heteroatoms. The van der Waals surface area contributed by atoms with Gasteiger partial charge in [0.1, 0.15) is 12.1 Å². The van der Waals surface area contributed by atoms with Gasteiger partial charge in [0, 0.05) is 18.3 Å². The molecule has 3 aliphatic rings. The third-order valence-corrected chi connectivity index (χ3v) is 6.51. The van der Waals surface area contributed by atoms with Gasteiger partial charge >= 0.3 is 0 Å². The van der Waals surface area contributed by atoms with Crippen molar-refractivity contribution in [3.63, 3.8) is 0 Å². The predicted octanol–water partition coefficient (Wildman–Crippen LogP) is 2.02. The summed E-state index contributed by atoms with van der Waals surface area (Å²) in [4.78, 5) is 34.8. The van der Waals surface area contributed by atoms with E-state index in [-0.39, 0.29) is 41.3 Å². The molecule has 2 N–H and O–H groups in total. The van der Waals surface area contributed by atoms with Crippen molar-refractivity contribution in [1.29, 1.82) is 0 Å². The Morgan fingerprint density at radius 3 is 2.62 bits per heavy atom. The molecular formula is C20H23FN2O3. The summed E-state index contributed by atoms with van der Waals surface area (Å²) in [6.07, 6.45) is 4.38. The van der Waals surface area contributed by atoms with Gasteiger partial charge in [0.15, 0.2) is 0 Å². The van der Waals surface area contributed by atoms with Crippen LogP contribution < -0.4 is 10.6 Å². The van der Waals surface area contributed by atoms with Crippen molar-refractivity contribution in [2.75, 3.05) is 13.1 Å². The lowest BCUT2D eigenvalue weighted by atomic mass is 9.49. The van der Waals surface area contributed by atoms with Crippen LogP contribution in [0.2, 0.25) is 0 Å². The number of carbonyl (C=O) groups is 3. The number of halogens is 1. The molecule has 2 heterocycles. The Hall–Kier alpha value is -2.08. The fraction of sp³-hybridized carbons (Fsp3) is 0.550. The summed E-state index contributed by atoms with van der Waals surface area (Å²) >= 11 is 0. The van der Waals surface area contributed by atoms with Crippen LogP contribution in [0.3, 0.4) is 0 Å². The number of hydrogen-bond donors (Lipinski definition) is 2.